The molecule has 19 heavy (non-hydrogen) atoms. The number of rotatable bonds is 2. The molecule has 0 N–H and O–H groups in total. The number of hydrogen-bond donors (Lipinski definition) is 0. The largest absolute Gasteiger partial charge is 0.369 e. The molecule has 0 saturated carbocycles. The lowest BCUT2D eigenvalue weighted by molar-refractivity contribution is 0.577. The lowest BCUT2D eigenvalue weighted by Gasteiger charge is -2.29. The van der Waals surface area contributed by atoms with Gasteiger partial charge in [0.2, 0.25) is 0 Å². The fourth-order valence-electron chi connectivity index (χ4n) is 2.82. The van der Waals surface area contributed by atoms with E-state index in [1.54, 1.807) is 0 Å². The van der Waals surface area contributed by atoms with Crippen molar-refractivity contribution in [1.82, 2.24) is 9.61 Å². The maximum atomic E-state index is 6.49. The normalized spacial score (nSPS) is 16.5. The summed E-state index contributed by atoms with van der Waals surface area (Å²) in [4.78, 5) is 2.38. The van der Waals surface area contributed by atoms with Crippen LogP contribution in [0.15, 0.2) is 18.5 Å². The van der Waals surface area contributed by atoms with E-state index in [2.05, 4.69) is 36.1 Å². The molecule has 1 saturated heterocycles. The van der Waals surface area contributed by atoms with E-state index in [0.29, 0.717) is 5.92 Å². The number of fused-ring (bicyclic) bond motifs is 1. The third kappa shape index (κ3) is 2.32. The van der Waals surface area contributed by atoms with Crippen molar-refractivity contribution in [1.29, 1.82) is 0 Å². The van der Waals surface area contributed by atoms with Crippen molar-refractivity contribution in [2.24, 2.45) is 0 Å². The van der Waals surface area contributed by atoms with E-state index >= 15 is 0 Å². The van der Waals surface area contributed by atoms with E-state index in [1.807, 2.05) is 10.7 Å². The first-order valence-corrected chi connectivity index (χ1v) is 7.46. The van der Waals surface area contributed by atoms with Crippen molar-refractivity contribution in [3.8, 4) is 0 Å². The Morgan fingerprint density at radius 1 is 1.21 bits per heavy atom. The predicted molar refractivity (Wildman–Crippen MR) is 80.4 cm³/mol. The molecule has 102 valence electrons. The molecule has 0 amide bonds. The average Bonchev–Trinajstić information content (AvgIpc) is 2.81. The standard InChI is InChI=1S/C15H20ClN3/c1-11(2)12-9-17-19-10-15(13(16)8-14(12)19)18-6-4-3-5-7-18/h8-11H,3-7H2,1-2H3. The minimum absolute atomic E-state index is 0.467. The molecule has 0 radical (unpaired) electrons. The monoisotopic (exact) mass is 277 g/mol. The third-order valence-corrected chi connectivity index (χ3v) is 4.24. The molecule has 0 aliphatic carbocycles. The Kier molecular flexibility index (Phi) is 3.40. The molecule has 0 unspecified atom stereocenters. The molecule has 2 aromatic heterocycles. The summed E-state index contributed by atoms with van der Waals surface area (Å²) >= 11 is 6.49. The summed E-state index contributed by atoms with van der Waals surface area (Å²) in [5.41, 5.74) is 3.50. The molecular formula is C15H20ClN3. The number of pyridine rings is 1. The van der Waals surface area contributed by atoms with Gasteiger partial charge in [0.05, 0.1) is 28.6 Å². The highest BCUT2D eigenvalue weighted by molar-refractivity contribution is 6.33. The molecule has 0 spiro atoms. The predicted octanol–water partition coefficient (Wildman–Crippen LogP) is 4.10. The van der Waals surface area contributed by atoms with Gasteiger partial charge >= 0.3 is 0 Å². The SMILES string of the molecule is CC(C)c1cnn2cc(N3CCCCC3)c(Cl)cc12. The highest BCUT2D eigenvalue weighted by atomic mass is 35.5. The second-order valence-corrected chi connectivity index (χ2v) is 6.05. The van der Waals surface area contributed by atoms with Crippen molar-refractivity contribution in [3.63, 3.8) is 0 Å². The maximum absolute atomic E-state index is 6.49. The van der Waals surface area contributed by atoms with Crippen molar-refractivity contribution in [2.45, 2.75) is 39.0 Å². The Labute approximate surface area is 119 Å². The molecule has 3 rings (SSSR count). The molecule has 2 aromatic rings. The molecule has 0 bridgehead atoms. The van der Waals surface area contributed by atoms with Crippen LogP contribution in [0.2, 0.25) is 5.02 Å². The fraction of sp³-hybridized carbons (Fsp3) is 0.533. The van der Waals surface area contributed by atoms with E-state index in [0.717, 1.165) is 29.3 Å². The minimum atomic E-state index is 0.467. The molecule has 1 fully saturated rings. The number of nitrogens with zero attached hydrogens (tertiary/aromatic N) is 3. The zero-order valence-electron chi connectivity index (χ0n) is 11.6. The molecule has 1 aliphatic rings. The third-order valence-electron chi connectivity index (χ3n) is 3.94. The van der Waals surface area contributed by atoms with Crippen LogP contribution in [-0.2, 0) is 0 Å². The van der Waals surface area contributed by atoms with Crippen LogP contribution in [0, 0.1) is 0 Å². The van der Waals surface area contributed by atoms with Crippen LogP contribution in [0.1, 0.15) is 44.6 Å². The quantitative estimate of drug-likeness (QED) is 0.824. The van der Waals surface area contributed by atoms with Crippen LogP contribution in [0.5, 0.6) is 0 Å². The first-order valence-electron chi connectivity index (χ1n) is 7.08. The zero-order chi connectivity index (χ0) is 13.4. The molecule has 0 atom stereocenters. The van der Waals surface area contributed by atoms with E-state index in [-0.39, 0.29) is 0 Å². The van der Waals surface area contributed by atoms with Crippen molar-refractivity contribution < 1.29 is 0 Å². The molecule has 1 aliphatic heterocycles. The van der Waals surface area contributed by atoms with Crippen LogP contribution in [-0.4, -0.2) is 22.7 Å². The highest BCUT2D eigenvalue weighted by Gasteiger charge is 2.17. The Hall–Kier alpha value is -1.22. The van der Waals surface area contributed by atoms with Crippen molar-refractivity contribution >= 4 is 22.8 Å². The van der Waals surface area contributed by atoms with Gasteiger partial charge in [0.1, 0.15) is 0 Å². The summed E-state index contributed by atoms with van der Waals surface area (Å²) in [7, 11) is 0. The first kappa shape index (κ1) is 12.8. The molecule has 4 heteroatoms. The van der Waals surface area contributed by atoms with Crippen LogP contribution in [0.3, 0.4) is 0 Å². The van der Waals surface area contributed by atoms with Gasteiger partial charge in [-0.05, 0) is 31.2 Å². The van der Waals surface area contributed by atoms with Crippen LogP contribution >= 0.6 is 11.6 Å². The Balaban J connectivity index is 2.04. The number of anilines is 1. The number of halogens is 1. The summed E-state index contributed by atoms with van der Waals surface area (Å²) in [5.74, 6) is 0.467. The van der Waals surface area contributed by atoms with Gasteiger partial charge in [-0.2, -0.15) is 5.10 Å². The van der Waals surface area contributed by atoms with Crippen LogP contribution in [0.4, 0.5) is 5.69 Å². The van der Waals surface area contributed by atoms with Gasteiger partial charge in [0.15, 0.2) is 0 Å². The topological polar surface area (TPSA) is 20.5 Å². The maximum Gasteiger partial charge on any atom is 0.0743 e. The van der Waals surface area contributed by atoms with E-state index in [9.17, 15) is 0 Å². The summed E-state index contributed by atoms with van der Waals surface area (Å²) in [6, 6.07) is 2.06. The van der Waals surface area contributed by atoms with Crippen molar-refractivity contribution in [2.75, 3.05) is 18.0 Å². The van der Waals surface area contributed by atoms with Gasteiger partial charge < -0.3 is 4.90 Å². The van der Waals surface area contributed by atoms with Crippen LogP contribution in [0.25, 0.3) is 5.52 Å². The van der Waals surface area contributed by atoms with E-state index in [4.69, 9.17) is 11.6 Å². The highest BCUT2D eigenvalue weighted by Crippen LogP contribution is 2.31. The summed E-state index contributed by atoms with van der Waals surface area (Å²) < 4.78 is 1.96. The summed E-state index contributed by atoms with van der Waals surface area (Å²) in [5, 5.41) is 5.31. The van der Waals surface area contributed by atoms with Gasteiger partial charge in [-0.3, -0.25) is 0 Å². The Bertz CT molecular complexity index is 582. The van der Waals surface area contributed by atoms with Gasteiger partial charge in [-0.25, -0.2) is 4.52 Å². The zero-order valence-corrected chi connectivity index (χ0v) is 12.3. The number of piperidine rings is 1. The number of aromatic nitrogens is 2. The van der Waals surface area contributed by atoms with Crippen LogP contribution < -0.4 is 4.90 Å². The molecule has 3 nitrogen and oxygen atoms in total. The lowest BCUT2D eigenvalue weighted by atomic mass is 10.1. The lowest BCUT2D eigenvalue weighted by Crippen LogP contribution is -2.29. The average molecular weight is 278 g/mol. The van der Waals surface area contributed by atoms with Gasteiger partial charge in [0, 0.05) is 18.7 Å². The number of hydrogen-bond acceptors (Lipinski definition) is 2. The summed E-state index contributed by atoms with van der Waals surface area (Å²) in [6.07, 6.45) is 7.87. The second kappa shape index (κ2) is 5.04. The van der Waals surface area contributed by atoms with Gasteiger partial charge in [-0.1, -0.05) is 25.4 Å². The smallest absolute Gasteiger partial charge is 0.0743 e. The van der Waals surface area contributed by atoms with E-state index < -0.39 is 0 Å². The minimum Gasteiger partial charge on any atom is -0.369 e. The molecule has 0 aromatic carbocycles. The Morgan fingerprint density at radius 2 is 1.95 bits per heavy atom. The van der Waals surface area contributed by atoms with Gasteiger partial charge in [-0.15, -0.1) is 0 Å². The first-order chi connectivity index (χ1) is 9.16. The fourth-order valence-corrected chi connectivity index (χ4v) is 3.09. The molecular weight excluding hydrogens is 258 g/mol. The van der Waals surface area contributed by atoms with E-state index in [1.165, 1.54) is 24.8 Å². The Morgan fingerprint density at radius 3 is 2.63 bits per heavy atom. The summed E-state index contributed by atoms with van der Waals surface area (Å²) in [6.45, 7) is 6.57. The molecule has 3 heterocycles. The second-order valence-electron chi connectivity index (χ2n) is 5.64. The van der Waals surface area contributed by atoms with Crippen molar-refractivity contribution in [3.05, 3.63) is 29.0 Å². The van der Waals surface area contributed by atoms with Gasteiger partial charge in [0.25, 0.3) is 0 Å².